The zero-order valence-corrected chi connectivity index (χ0v) is 16.5. The fraction of sp³-hybridized carbons (Fsp3) is 0.571. The van der Waals surface area contributed by atoms with Crippen molar-refractivity contribution in [3.63, 3.8) is 0 Å². The molecule has 0 aliphatic heterocycles. The normalized spacial score (nSPS) is 14.2. The number of anilines is 1. The molecule has 2 amide bonds. The number of esters is 1. The fourth-order valence-corrected chi connectivity index (χ4v) is 3.16. The highest BCUT2D eigenvalue weighted by Gasteiger charge is 2.16. The summed E-state index contributed by atoms with van der Waals surface area (Å²) in [6, 6.07) is 7.22. The van der Waals surface area contributed by atoms with Gasteiger partial charge in [-0.25, -0.2) is 0 Å². The molecule has 0 aromatic heterocycles. The van der Waals surface area contributed by atoms with Crippen molar-refractivity contribution in [3.8, 4) is 5.75 Å². The van der Waals surface area contributed by atoms with Gasteiger partial charge in [0, 0.05) is 24.6 Å². The molecule has 0 saturated heterocycles. The molecule has 0 bridgehead atoms. The van der Waals surface area contributed by atoms with Gasteiger partial charge in [0.05, 0.1) is 6.61 Å². The molecule has 1 aliphatic rings. The van der Waals surface area contributed by atoms with E-state index in [1.807, 2.05) is 6.92 Å². The second-order valence-electron chi connectivity index (χ2n) is 6.92. The Kier molecular flexibility index (Phi) is 9.31. The number of rotatable bonds is 10. The van der Waals surface area contributed by atoms with E-state index < -0.39 is 11.9 Å². The van der Waals surface area contributed by atoms with Gasteiger partial charge in [-0.05, 0) is 50.5 Å². The van der Waals surface area contributed by atoms with Crippen LogP contribution in [0.2, 0.25) is 0 Å². The lowest BCUT2D eigenvalue weighted by Crippen LogP contribution is -2.36. The Morgan fingerprint density at radius 1 is 1.00 bits per heavy atom. The van der Waals surface area contributed by atoms with Crippen molar-refractivity contribution >= 4 is 23.5 Å². The van der Waals surface area contributed by atoms with E-state index in [0.29, 0.717) is 25.1 Å². The first-order chi connectivity index (χ1) is 13.6. The third kappa shape index (κ3) is 8.41. The number of nitrogens with one attached hydrogen (secondary N) is 2. The van der Waals surface area contributed by atoms with Gasteiger partial charge >= 0.3 is 5.97 Å². The van der Waals surface area contributed by atoms with Crippen molar-refractivity contribution in [2.24, 2.45) is 0 Å². The van der Waals surface area contributed by atoms with Gasteiger partial charge in [-0.2, -0.15) is 0 Å². The van der Waals surface area contributed by atoms with Gasteiger partial charge in [-0.1, -0.05) is 19.3 Å². The largest absolute Gasteiger partial charge is 0.494 e. The van der Waals surface area contributed by atoms with Crippen LogP contribution in [-0.2, 0) is 19.1 Å². The minimum absolute atomic E-state index is 0.0204. The van der Waals surface area contributed by atoms with Crippen LogP contribution in [0.5, 0.6) is 5.75 Å². The van der Waals surface area contributed by atoms with Crippen LogP contribution in [0, 0.1) is 0 Å². The lowest BCUT2D eigenvalue weighted by atomic mass is 9.95. The summed E-state index contributed by atoms with van der Waals surface area (Å²) in [4.78, 5) is 35.5. The summed E-state index contributed by atoms with van der Waals surface area (Å²) in [5.74, 6) is -0.188. The molecule has 0 radical (unpaired) electrons. The van der Waals surface area contributed by atoms with Crippen molar-refractivity contribution in [3.05, 3.63) is 24.3 Å². The van der Waals surface area contributed by atoms with E-state index in [-0.39, 0.29) is 25.0 Å². The summed E-state index contributed by atoms with van der Waals surface area (Å²) in [6.45, 7) is 2.12. The Labute approximate surface area is 166 Å². The number of benzene rings is 1. The van der Waals surface area contributed by atoms with E-state index in [1.54, 1.807) is 24.3 Å². The number of hydrogen-bond donors (Lipinski definition) is 2. The summed E-state index contributed by atoms with van der Waals surface area (Å²) >= 11 is 0. The first-order valence-electron chi connectivity index (χ1n) is 10.0. The van der Waals surface area contributed by atoms with E-state index in [4.69, 9.17) is 9.47 Å². The van der Waals surface area contributed by atoms with Crippen LogP contribution in [0.15, 0.2) is 24.3 Å². The lowest BCUT2D eigenvalue weighted by molar-refractivity contribution is -0.147. The van der Waals surface area contributed by atoms with E-state index in [2.05, 4.69) is 10.6 Å². The lowest BCUT2D eigenvalue weighted by Gasteiger charge is -2.22. The molecule has 2 N–H and O–H groups in total. The van der Waals surface area contributed by atoms with Crippen LogP contribution in [-0.4, -0.2) is 37.0 Å². The zero-order chi connectivity index (χ0) is 20.2. The van der Waals surface area contributed by atoms with Crippen LogP contribution in [0.25, 0.3) is 0 Å². The van der Waals surface area contributed by atoms with E-state index in [0.717, 1.165) is 31.4 Å². The SMILES string of the molecule is CCOc1ccc(NC(=O)COC(=O)CCCC(=O)NC2CCCCC2)cc1. The predicted molar refractivity (Wildman–Crippen MR) is 106 cm³/mol. The second kappa shape index (κ2) is 12.0. The maximum atomic E-state index is 11.9. The first kappa shape index (κ1) is 21.7. The monoisotopic (exact) mass is 390 g/mol. The molecular weight excluding hydrogens is 360 g/mol. The van der Waals surface area contributed by atoms with Gasteiger partial charge in [-0.3, -0.25) is 14.4 Å². The van der Waals surface area contributed by atoms with Crippen LogP contribution in [0.1, 0.15) is 58.3 Å². The molecule has 1 aromatic rings. The van der Waals surface area contributed by atoms with Crippen molar-refractivity contribution in [2.75, 3.05) is 18.5 Å². The highest BCUT2D eigenvalue weighted by atomic mass is 16.5. The van der Waals surface area contributed by atoms with E-state index in [1.165, 1.54) is 6.42 Å². The van der Waals surface area contributed by atoms with Gasteiger partial charge in [0.15, 0.2) is 6.61 Å². The van der Waals surface area contributed by atoms with Crippen LogP contribution < -0.4 is 15.4 Å². The summed E-state index contributed by atoms with van der Waals surface area (Å²) in [7, 11) is 0. The second-order valence-corrected chi connectivity index (χ2v) is 6.92. The molecule has 7 heteroatoms. The van der Waals surface area contributed by atoms with Gasteiger partial charge in [0.2, 0.25) is 5.91 Å². The molecule has 0 unspecified atom stereocenters. The molecular formula is C21H30N2O5. The highest BCUT2D eigenvalue weighted by molar-refractivity contribution is 5.92. The molecule has 0 heterocycles. The fourth-order valence-electron chi connectivity index (χ4n) is 3.16. The molecule has 1 saturated carbocycles. The Morgan fingerprint density at radius 3 is 2.39 bits per heavy atom. The number of ether oxygens (including phenoxy) is 2. The first-order valence-corrected chi connectivity index (χ1v) is 10.0. The van der Waals surface area contributed by atoms with Crippen molar-refractivity contribution in [1.29, 1.82) is 0 Å². The van der Waals surface area contributed by atoms with Gasteiger partial charge in [-0.15, -0.1) is 0 Å². The zero-order valence-electron chi connectivity index (χ0n) is 16.5. The summed E-state index contributed by atoms with van der Waals surface area (Å²) in [5.41, 5.74) is 0.601. The summed E-state index contributed by atoms with van der Waals surface area (Å²) in [6.07, 6.45) is 6.47. The van der Waals surface area contributed by atoms with Crippen LogP contribution >= 0.6 is 0 Å². The maximum Gasteiger partial charge on any atom is 0.306 e. The number of amides is 2. The van der Waals surface area contributed by atoms with Crippen molar-refractivity contribution < 1.29 is 23.9 Å². The molecule has 28 heavy (non-hydrogen) atoms. The Hall–Kier alpha value is -2.57. The van der Waals surface area contributed by atoms with Crippen molar-refractivity contribution in [2.45, 2.75) is 64.3 Å². The summed E-state index contributed by atoms with van der Waals surface area (Å²) in [5, 5.41) is 5.67. The highest BCUT2D eigenvalue weighted by Crippen LogP contribution is 2.17. The van der Waals surface area contributed by atoms with Crippen molar-refractivity contribution in [1.82, 2.24) is 5.32 Å². The Balaban J connectivity index is 1.57. The molecule has 0 spiro atoms. The number of carbonyl (C=O) groups is 3. The van der Waals surface area contributed by atoms with E-state index in [9.17, 15) is 14.4 Å². The van der Waals surface area contributed by atoms with E-state index >= 15 is 0 Å². The van der Waals surface area contributed by atoms with Gasteiger partial charge in [0.1, 0.15) is 5.75 Å². The minimum atomic E-state index is -0.479. The van der Waals surface area contributed by atoms with Gasteiger partial charge < -0.3 is 20.1 Å². The standard InChI is InChI=1S/C21H30N2O5/c1-2-27-18-13-11-17(12-14-18)23-20(25)15-28-21(26)10-6-9-19(24)22-16-7-4-3-5-8-16/h11-14,16H,2-10,15H2,1H3,(H,22,24)(H,23,25). The molecule has 1 aliphatic carbocycles. The smallest absolute Gasteiger partial charge is 0.306 e. The molecule has 0 atom stereocenters. The molecule has 2 rings (SSSR count). The predicted octanol–water partition coefficient (Wildman–Crippen LogP) is 3.19. The average molecular weight is 390 g/mol. The molecule has 1 aromatic carbocycles. The molecule has 1 fully saturated rings. The number of carbonyl (C=O) groups excluding carboxylic acids is 3. The quantitative estimate of drug-likeness (QED) is 0.599. The Morgan fingerprint density at radius 2 is 1.71 bits per heavy atom. The number of hydrogen-bond acceptors (Lipinski definition) is 5. The minimum Gasteiger partial charge on any atom is -0.494 e. The van der Waals surface area contributed by atoms with Gasteiger partial charge in [0.25, 0.3) is 5.91 Å². The third-order valence-electron chi connectivity index (χ3n) is 4.57. The van der Waals surface area contributed by atoms with Crippen LogP contribution in [0.4, 0.5) is 5.69 Å². The molecule has 154 valence electrons. The maximum absolute atomic E-state index is 11.9. The Bertz CT molecular complexity index is 639. The third-order valence-corrected chi connectivity index (χ3v) is 4.57. The topological polar surface area (TPSA) is 93.7 Å². The average Bonchev–Trinajstić information content (AvgIpc) is 2.69. The molecule has 7 nitrogen and oxygen atoms in total. The van der Waals surface area contributed by atoms with Crippen LogP contribution in [0.3, 0.4) is 0 Å². The summed E-state index contributed by atoms with van der Waals surface area (Å²) < 4.78 is 10.3.